The second-order valence-corrected chi connectivity index (χ2v) is 6.77. The van der Waals surface area contributed by atoms with Crippen molar-refractivity contribution in [2.75, 3.05) is 13.1 Å². The molecule has 24 heavy (non-hydrogen) atoms. The van der Waals surface area contributed by atoms with E-state index in [1.54, 1.807) is 25.4 Å². The molecular formula is C19H21ClN2O2. The number of hydrogen-bond donors (Lipinski definition) is 0. The summed E-state index contributed by atoms with van der Waals surface area (Å²) >= 11 is 5.97. The van der Waals surface area contributed by atoms with Crippen LogP contribution in [-0.2, 0) is 7.05 Å². The Morgan fingerprint density at radius 1 is 1.17 bits per heavy atom. The van der Waals surface area contributed by atoms with Gasteiger partial charge in [-0.05, 0) is 42.7 Å². The van der Waals surface area contributed by atoms with Crippen LogP contribution in [0.15, 0.2) is 47.4 Å². The van der Waals surface area contributed by atoms with Gasteiger partial charge in [0.1, 0.15) is 5.56 Å². The van der Waals surface area contributed by atoms with E-state index in [9.17, 15) is 9.59 Å². The molecule has 0 bridgehead atoms. The predicted molar refractivity (Wildman–Crippen MR) is 95.6 cm³/mol. The summed E-state index contributed by atoms with van der Waals surface area (Å²) in [6.07, 6.45) is 4.74. The van der Waals surface area contributed by atoms with Gasteiger partial charge in [-0.15, -0.1) is 0 Å². The maximum Gasteiger partial charge on any atom is 0.263 e. The summed E-state index contributed by atoms with van der Waals surface area (Å²) in [6.45, 7) is 1.33. The van der Waals surface area contributed by atoms with Gasteiger partial charge >= 0.3 is 0 Å². The van der Waals surface area contributed by atoms with E-state index >= 15 is 0 Å². The van der Waals surface area contributed by atoms with Gasteiger partial charge in [0, 0.05) is 37.3 Å². The van der Waals surface area contributed by atoms with E-state index < -0.39 is 0 Å². The number of halogens is 1. The number of benzene rings is 1. The topological polar surface area (TPSA) is 42.3 Å². The predicted octanol–water partition coefficient (Wildman–Crippen LogP) is 3.45. The first kappa shape index (κ1) is 16.8. The molecule has 1 unspecified atom stereocenters. The van der Waals surface area contributed by atoms with Crippen LogP contribution < -0.4 is 5.56 Å². The lowest BCUT2D eigenvalue weighted by molar-refractivity contribution is 0.0752. The first-order valence-corrected chi connectivity index (χ1v) is 8.64. The molecule has 1 fully saturated rings. The quantitative estimate of drug-likeness (QED) is 0.837. The zero-order chi connectivity index (χ0) is 17.1. The summed E-state index contributed by atoms with van der Waals surface area (Å²) < 4.78 is 1.45. The van der Waals surface area contributed by atoms with E-state index in [1.165, 1.54) is 10.1 Å². The molecule has 0 aliphatic carbocycles. The molecule has 1 atom stereocenters. The zero-order valence-corrected chi connectivity index (χ0v) is 14.5. The molecule has 1 aliphatic rings. The molecule has 2 heterocycles. The van der Waals surface area contributed by atoms with Gasteiger partial charge in [0.2, 0.25) is 0 Å². The third-order valence-electron chi connectivity index (χ3n) is 4.65. The van der Waals surface area contributed by atoms with Crippen LogP contribution in [0.25, 0.3) is 0 Å². The fraction of sp³-hybridized carbons (Fsp3) is 0.368. The highest BCUT2D eigenvalue weighted by Gasteiger charge is 2.25. The number of pyridine rings is 1. The summed E-state index contributed by atoms with van der Waals surface area (Å²) in [5.41, 5.74) is 1.20. The van der Waals surface area contributed by atoms with Gasteiger partial charge in [-0.1, -0.05) is 30.2 Å². The molecule has 5 heteroatoms. The van der Waals surface area contributed by atoms with E-state index in [0.29, 0.717) is 18.1 Å². The lowest BCUT2D eigenvalue weighted by atomic mass is 9.94. The fourth-order valence-electron chi connectivity index (χ4n) is 3.26. The van der Waals surface area contributed by atoms with Gasteiger partial charge < -0.3 is 9.47 Å². The van der Waals surface area contributed by atoms with Crippen LogP contribution in [0, 0.1) is 0 Å². The first-order valence-electron chi connectivity index (χ1n) is 8.26. The van der Waals surface area contributed by atoms with Crippen LogP contribution in [0.2, 0.25) is 5.02 Å². The van der Waals surface area contributed by atoms with Crippen molar-refractivity contribution < 1.29 is 4.79 Å². The number of hydrogen-bond acceptors (Lipinski definition) is 2. The second-order valence-electron chi connectivity index (χ2n) is 6.33. The molecule has 0 spiro atoms. The molecule has 1 aromatic carbocycles. The molecule has 0 N–H and O–H groups in total. The number of amides is 1. The summed E-state index contributed by atoms with van der Waals surface area (Å²) in [6, 6.07) is 11.2. The first-order chi connectivity index (χ1) is 11.6. The standard InChI is InChI=1S/C19H21ClN2O2/c1-21-11-4-6-17(18(21)23)19(24)22-12-3-2-5-15(13-22)14-7-9-16(20)10-8-14/h4,6-11,15H,2-3,5,12-13H2,1H3. The van der Waals surface area contributed by atoms with Crippen LogP contribution in [0.1, 0.15) is 41.1 Å². The van der Waals surface area contributed by atoms with E-state index in [0.717, 1.165) is 19.3 Å². The smallest absolute Gasteiger partial charge is 0.263 e. The van der Waals surface area contributed by atoms with Gasteiger partial charge in [-0.25, -0.2) is 0 Å². The molecule has 1 aliphatic heterocycles. The van der Waals surface area contributed by atoms with Crippen molar-refractivity contribution >= 4 is 17.5 Å². The molecule has 0 radical (unpaired) electrons. The summed E-state index contributed by atoms with van der Waals surface area (Å²) in [4.78, 5) is 26.9. The highest BCUT2D eigenvalue weighted by Crippen LogP contribution is 2.28. The molecule has 2 aromatic rings. The third kappa shape index (κ3) is 3.54. The van der Waals surface area contributed by atoms with Gasteiger partial charge in [0.25, 0.3) is 11.5 Å². The normalized spacial score (nSPS) is 18.2. The number of rotatable bonds is 2. The molecule has 0 saturated carbocycles. The second kappa shape index (κ2) is 7.22. The van der Waals surface area contributed by atoms with Crippen LogP contribution in [-0.4, -0.2) is 28.5 Å². The van der Waals surface area contributed by atoms with E-state index in [4.69, 9.17) is 11.6 Å². The number of likely N-dealkylation sites (tertiary alicyclic amines) is 1. The minimum atomic E-state index is -0.241. The largest absolute Gasteiger partial charge is 0.338 e. The maximum absolute atomic E-state index is 12.8. The van der Waals surface area contributed by atoms with Crippen molar-refractivity contribution in [1.29, 1.82) is 0 Å². The molecule has 1 aromatic heterocycles. The Labute approximate surface area is 146 Å². The summed E-state index contributed by atoms with van der Waals surface area (Å²) in [5, 5.41) is 0.716. The van der Waals surface area contributed by atoms with Gasteiger partial charge in [-0.3, -0.25) is 9.59 Å². The highest BCUT2D eigenvalue weighted by atomic mass is 35.5. The van der Waals surface area contributed by atoms with Gasteiger partial charge in [-0.2, -0.15) is 0 Å². The Bertz CT molecular complexity index is 783. The zero-order valence-electron chi connectivity index (χ0n) is 13.7. The number of carbonyl (C=O) groups excluding carboxylic acids is 1. The Balaban J connectivity index is 1.84. The maximum atomic E-state index is 12.8. The van der Waals surface area contributed by atoms with Crippen LogP contribution >= 0.6 is 11.6 Å². The lowest BCUT2D eigenvalue weighted by Gasteiger charge is -2.25. The number of carbonyl (C=O) groups is 1. The SMILES string of the molecule is Cn1cccc(C(=O)N2CCCCC(c3ccc(Cl)cc3)C2)c1=O. The van der Waals surface area contributed by atoms with E-state index in [1.807, 2.05) is 29.2 Å². The number of aromatic nitrogens is 1. The lowest BCUT2D eigenvalue weighted by Crippen LogP contribution is -2.38. The average molecular weight is 345 g/mol. The molecule has 126 valence electrons. The molecular weight excluding hydrogens is 324 g/mol. The average Bonchev–Trinajstić information content (AvgIpc) is 2.84. The van der Waals surface area contributed by atoms with Gasteiger partial charge in [0.15, 0.2) is 0 Å². The fourth-order valence-corrected chi connectivity index (χ4v) is 3.39. The van der Waals surface area contributed by atoms with Crippen LogP contribution in [0.5, 0.6) is 0 Å². The van der Waals surface area contributed by atoms with Crippen molar-refractivity contribution in [1.82, 2.24) is 9.47 Å². The molecule has 4 nitrogen and oxygen atoms in total. The Morgan fingerprint density at radius 3 is 2.67 bits per heavy atom. The highest BCUT2D eigenvalue weighted by molar-refractivity contribution is 6.30. The minimum absolute atomic E-state index is 0.169. The minimum Gasteiger partial charge on any atom is -0.338 e. The Hall–Kier alpha value is -2.07. The number of aryl methyl sites for hydroxylation is 1. The Morgan fingerprint density at radius 2 is 1.92 bits per heavy atom. The third-order valence-corrected chi connectivity index (χ3v) is 4.91. The summed E-state index contributed by atoms with van der Waals surface area (Å²) in [7, 11) is 1.66. The van der Waals surface area contributed by atoms with Crippen molar-refractivity contribution in [3.05, 3.63) is 69.1 Å². The van der Waals surface area contributed by atoms with Crippen molar-refractivity contribution in [3.8, 4) is 0 Å². The monoisotopic (exact) mass is 344 g/mol. The number of nitrogens with zero attached hydrogens (tertiary/aromatic N) is 2. The van der Waals surface area contributed by atoms with Crippen molar-refractivity contribution in [2.24, 2.45) is 7.05 Å². The van der Waals surface area contributed by atoms with E-state index in [2.05, 4.69) is 0 Å². The van der Waals surface area contributed by atoms with E-state index in [-0.39, 0.29) is 22.9 Å². The molecule has 1 saturated heterocycles. The summed E-state index contributed by atoms with van der Waals surface area (Å²) in [5.74, 6) is 0.110. The van der Waals surface area contributed by atoms with Crippen molar-refractivity contribution in [2.45, 2.75) is 25.2 Å². The Kier molecular flexibility index (Phi) is 5.05. The molecule has 3 rings (SSSR count). The van der Waals surface area contributed by atoms with Crippen LogP contribution in [0.3, 0.4) is 0 Å². The van der Waals surface area contributed by atoms with Crippen molar-refractivity contribution in [3.63, 3.8) is 0 Å². The van der Waals surface area contributed by atoms with Crippen LogP contribution in [0.4, 0.5) is 0 Å². The van der Waals surface area contributed by atoms with Gasteiger partial charge in [0.05, 0.1) is 0 Å². The molecule has 1 amide bonds.